The SMILES string of the molecule is COc1ccccc1CNC1C2CCCOC2C1(C)C. The molecule has 0 radical (unpaired) electrons. The molecular formula is C17H25NO2. The number of hydrogen-bond donors (Lipinski definition) is 1. The highest BCUT2D eigenvalue weighted by molar-refractivity contribution is 5.33. The Hall–Kier alpha value is -1.06. The molecule has 1 heterocycles. The molecule has 3 heteroatoms. The van der Waals surface area contributed by atoms with Gasteiger partial charge >= 0.3 is 0 Å². The second-order valence-electron chi connectivity index (χ2n) is 6.59. The van der Waals surface area contributed by atoms with Crippen molar-refractivity contribution < 1.29 is 9.47 Å². The largest absolute Gasteiger partial charge is 0.496 e. The van der Waals surface area contributed by atoms with Gasteiger partial charge in [0.15, 0.2) is 0 Å². The van der Waals surface area contributed by atoms with Crippen LogP contribution in [0.25, 0.3) is 0 Å². The zero-order valence-electron chi connectivity index (χ0n) is 12.7. The van der Waals surface area contributed by atoms with Gasteiger partial charge in [-0.25, -0.2) is 0 Å². The number of ether oxygens (including phenoxy) is 2. The molecule has 2 fully saturated rings. The van der Waals surface area contributed by atoms with Crippen molar-refractivity contribution in [2.45, 2.75) is 45.4 Å². The van der Waals surface area contributed by atoms with Gasteiger partial charge in [-0.05, 0) is 18.9 Å². The summed E-state index contributed by atoms with van der Waals surface area (Å²) in [5.74, 6) is 1.64. The Morgan fingerprint density at radius 3 is 2.95 bits per heavy atom. The van der Waals surface area contributed by atoms with E-state index in [0.29, 0.717) is 18.1 Å². The number of rotatable bonds is 4. The molecule has 1 aromatic rings. The highest BCUT2D eigenvalue weighted by Gasteiger charge is 2.57. The van der Waals surface area contributed by atoms with Crippen molar-refractivity contribution in [2.75, 3.05) is 13.7 Å². The van der Waals surface area contributed by atoms with Crippen molar-refractivity contribution in [1.29, 1.82) is 0 Å². The third-order valence-corrected chi connectivity index (χ3v) is 5.04. The van der Waals surface area contributed by atoms with Crippen LogP contribution in [0.2, 0.25) is 0 Å². The normalized spacial score (nSPS) is 31.2. The fourth-order valence-electron chi connectivity index (χ4n) is 4.01. The molecule has 0 amide bonds. The second-order valence-corrected chi connectivity index (χ2v) is 6.59. The van der Waals surface area contributed by atoms with Crippen molar-refractivity contribution in [3.63, 3.8) is 0 Å². The van der Waals surface area contributed by atoms with E-state index in [-0.39, 0.29) is 5.41 Å². The zero-order valence-corrected chi connectivity index (χ0v) is 12.7. The van der Waals surface area contributed by atoms with Crippen molar-refractivity contribution in [2.24, 2.45) is 11.3 Å². The van der Waals surface area contributed by atoms with Gasteiger partial charge < -0.3 is 14.8 Å². The Morgan fingerprint density at radius 1 is 1.35 bits per heavy atom. The lowest BCUT2D eigenvalue weighted by Gasteiger charge is -2.60. The van der Waals surface area contributed by atoms with E-state index in [2.05, 4.69) is 31.3 Å². The Kier molecular flexibility index (Phi) is 3.74. The van der Waals surface area contributed by atoms with Crippen molar-refractivity contribution in [3.05, 3.63) is 29.8 Å². The average Bonchev–Trinajstić information content (AvgIpc) is 2.47. The van der Waals surface area contributed by atoms with Gasteiger partial charge in [-0.2, -0.15) is 0 Å². The summed E-state index contributed by atoms with van der Waals surface area (Å²) in [6, 6.07) is 8.78. The number of nitrogens with one attached hydrogen (secondary N) is 1. The molecule has 3 rings (SSSR count). The molecule has 0 bridgehead atoms. The minimum Gasteiger partial charge on any atom is -0.496 e. The molecule has 20 heavy (non-hydrogen) atoms. The summed E-state index contributed by atoms with van der Waals surface area (Å²) >= 11 is 0. The highest BCUT2D eigenvalue weighted by atomic mass is 16.5. The lowest BCUT2D eigenvalue weighted by molar-refractivity contribution is -0.193. The number of methoxy groups -OCH3 is 1. The van der Waals surface area contributed by atoms with Crippen LogP contribution in [0.5, 0.6) is 5.75 Å². The smallest absolute Gasteiger partial charge is 0.123 e. The first-order chi connectivity index (χ1) is 9.64. The van der Waals surface area contributed by atoms with Crippen LogP contribution < -0.4 is 10.1 Å². The molecular weight excluding hydrogens is 250 g/mol. The molecule has 0 aromatic heterocycles. The predicted molar refractivity (Wildman–Crippen MR) is 79.9 cm³/mol. The first kappa shape index (κ1) is 13.9. The Morgan fingerprint density at radius 2 is 2.15 bits per heavy atom. The van der Waals surface area contributed by atoms with Crippen LogP contribution in [0.3, 0.4) is 0 Å². The second kappa shape index (κ2) is 5.38. The molecule has 1 aromatic carbocycles. The summed E-state index contributed by atoms with van der Waals surface area (Å²) < 4.78 is 11.4. The summed E-state index contributed by atoms with van der Waals surface area (Å²) in [6.45, 7) is 6.43. The molecule has 1 aliphatic heterocycles. The van der Waals surface area contributed by atoms with Gasteiger partial charge in [0.2, 0.25) is 0 Å². The van der Waals surface area contributed by atoms with Crippen LogP contribution >= 0.6 is 0 Å². The lowest BCUT2D eigenvalue weighted by Crippen LogP contribution is -2.69. The van der Waals surface area contributed by atoms with Crippen molar-refractivity contribution >= 4 is 0 Å². The predicted octanol–water partition coefficient (Wildman–Crippen LogP) is 2.99. The molecule has 0 spiro atoms. The van der Waals surface area contributed by atoms with Crippen LogP contribution in [0.4, 0.5) is 0 Å². The van der Waals surface area contributed by atoms with Gasteiger partial charge in [0.05, 0.1) is 13.2 Å². The van der Waals surface area contributed by atoms with Crippen molar-refractivity contribution in [1.82, 2.24) is 5.32 Å². The van der Waals surface area contributed by atoms with Gasteiger partial charge in [0, 0.05) is 36.1 Å². The average molecular weight is 275 g/mol. The molecule has 3 nitrogen and oxygen atoms in total. The highest BCUT2D eigenvalue weighted by Crippen LogP contribution is 2.51. The fraction of sp³-hybridized carbons (Fsp3) is 0.647. The van der Waals surface area contributed by atoms with Gasteiger partial charge in [-0.1, -0.05) is 32.0 Å². The minimum absolute atomic E-state index is 0.229. The van der Waals surface area contributed by atoms with Crippen LogP contribution in [0, 0.1) is 11.3 Å². The molecule has 1 saturated carbocycles. The Balaban J connectivity index is 1.66. The molecule has 1 N–H and O–H groups in total. The van der Waals surface area contributed by atoms with E-state index in [4.69, 9.17) is 9.47 Å². The lowest BCUT2D eigenvalue weighted by atomic mass is 9.55. The summed E-state index contributed by atoms with van der Waals surface area (Å²) in [4.78, 5) is 0. The third-order valence-electron chi connectivity index (χ3n) is 5.04. The van der Waals surface area contributed by atoms with E-state index in [1.807, 2.05) is 12.1 Å². The first-order valence-electron chi connectivity index (χ1n) is 7.61. The van der Waals surface area contributed by atoms with Gasteiger partial charge in [0.25, 0.3) is 0 Å². The summed E-state index contributed by atoms with van der Waals surface area (Å²) in [6.07, 6.45) is 2.92. The first-order valence-corrected chi connectivity index (χ1v) is 7.61. The molecule has 3 unspecified atom stereocenters. The summed E-state index contributed by atoms with van der Waals surface area (Å²) in [7, 11) is 1.73. The third kappa shape index (κ3) is 2.23. The van der Waals surface area contributed by atoms with E-state index in [1.165, 1.54) is 18.4 Å². The number of hydrogen-bond acceptors (Lipinski definition) is 3. The minimum atomic E-state index is 0.229. The van der Waals surface area contributed by atoms with E-state index in [9.17, 15) is 0 Å². The van der Waals surface area contributed by atoms with Crippen LogP contribution in [0.15, 0.2) is 24.3 Å². The molecule has 2 aliphatic rings. The maximum atomic E-state index is 5.95. The van der Waals surface area contributed by atoms with Crippen LogP contribution in [-0.2, 0) is 11.3 Å². The van der Waals surface area contributed by atoms with E-state index < -0.39 is 0 Å². The number of fused-ring (bicyclic) bond motifs is 1. The topological polar surface area (TPSA) is 30.5 Å². The fourth-order valence-corrected chi connectivity index (χ4v) is 4.01. The Bertz CT molecular complexity index is 472. The maximum absolute atomic E-state index is 5.95. The number of benzene rings is 1. The maximum Gasteiger partial charge on any atom is 0.123 e. The van der Waals surface area contributed by atoms with E-state index >= 15 is 0 Å². The quantitative estimate of drug-likeness (QED) is 0.916. The van der Waals surface area contributed by atoms with E-state index in [1.54, 1.807) is 7.11 Å². The standard InChI is InChI=1S/C17H25NO2/c1-17(2)15(13-8-6-10-20-16(13)17)18-11-12-7-4-5-9-14(12)19-3/h4-5,7,9,13,15-16,18H,6,8,10-11H2,1-3H3. The van der Waals surface area contributed by atoms with Crippen LogP contribution in [-0.4, -0.2) is 25.9 Å². The van der Waals surface area contributed by atoms with Gasteiger partial charge in [-0.3, -0.25) is 0 Å². The van der Waals surface area contributed by atoms with Gasteiger partial charge in [-0.15, -0.1) is 0 Å². The molecule has 1 saturated heterocycles. The van der Waals surface area contributed by atoms with Gasteiger partial charge in [0.1, 0.15) is 5.75 Å². The Labute approximate surface area is 121 Å². The van der Waals surface area contributed by atoms with E-state index in [0.717, 1.165) is 18.9 Å². The molecule has 3 atom stereocenters. The van der Waals surface area contributed by atoms with Crippen molar-refractivity contribution in [3.8, 4) is 5.75 Å². The van der Waals surface area contributed by atoms with Crippen LogP contribution in [0.1, 0.15) is 32.3 Å². The summed E-state index contributed by atoms with van der Waals surface area (Å²) in [5, 5.41) is 3.74. The number of para-hydroxylation sites is 1. The zero-order chi connectivity index (χ0) is 14.2. The summed E-state index contributed by atoms with van der Waals surface area (Å²) in [5.41, 5.74) is 1.46. The monoisotopic (exact) mass is 275 g/mol. The molecule has 110 valence electrons. The molecule has 1 aliphatic carbocycles.